The van der Waals surface area contributed by atoms with Gasteiger partial charge < -0.3 is 38.3 Å². The maximum atomic E-state index is 11.0. The Kier molecular flexibility index (Phi) is 14.1. The Labute approximate surface area is 247 Å². The van der Waals surface area contributed by atoms with Gasteiger partial charge in [-0.3, -0.25) is 0 Å². The van der Waals surface area contributed by atoms with Crippen LogP contribution in [0.4, 0.5) is 0 Å². The van der Waals surface area contributed by atoms with E-state index in [1.807, 2.05) is 24.0 Å². The Balaban J connectivity index is 1.70. The lowest BCUT2D eigenvalue weighted by molar-refractivity contribution is -0.216. The molecular formula is C30H47IO8. The highest BCUT2D eigenvalue weighted by atomic mass is 127. The van der Waals surface area contributed by atoms with Crippen LogP contribution in [-0.4, -0.2) is 86.3 Å². The minimum absolute atomic E-state index is 0.00746. The molecule has 9 heteroatoms. The molecule has 3 heterocycles. The van der Waals surface area contributed by atoms with Gasteiger partial charge >= 0.3 is 0 Å². The first-order chi connectivity index (χ1) is 18.8. The molecule has 3 aliphatic heterocycles. The van der Waals surface area contributed by atoms with Crippen molar-refractivity contribution < 1.29 is 38.3 Å². The Hall–Kier alpha value is -0.660. The third-order valence-corrected chi connectivity index (χ3v) is 8.28. The average Bonchev–Trinajstić information content (AvgIpc) is 3.25. The van der Waals surface area contributed by atoms with Gasteiger partial charge in [-0.1, -0.05) is 60.7 Å². The van der Waals surface area contributed by atoms with Gasteiger partial charge in [0.1, 0.15) is 31.4 Å². The average molecular weight is 663 g/mol. The van der Waals surface area contributed by atoms with Crippen molar-refractivity contribution in [2.45, 2.75) is 121 Å². The van der Waals surface area contributed by atoms with Gasteiger partial charge in [0.05, 0.1) is 42.7 Å². The summed E-state index contributed by atoms with van der Waals surface area (Å²) in [7, 11) is 1.61. The van der Waals surface area contributed by atoms with E-state index in [9.17, 15) is 9.90 Å². The number of aliphatic hydroxyl groups is 1. The Morgan fingerprint density at radius 2 is 1.77 bits per heavy atom. The zero-order chi connectivity index (χ0) is 28.4. The number of unbranched alkanes of at least 4 members (excludes halogenated alkanes) is 1. The van der Waals surface area contributed by atoms with Crippen LogP contribution in [0.5, 0.6) is 0 Å². The van der Waals surface area contributed by atoms with Crippen LogP contribution in [0, 0.1) is 11.8 Å². The monoisotopic (exact) mass is 662 g/mol. The lowest BCUT2D eigenvalue weighted by Crippen LogP contribution is -2.52. The van der Waals surface area contributed by atoms with Crippen molar-refractivity contribution in [3.63, 3.8) is 0 Å². The van der Waals surface area contributed by atoms with Crippen molar-refractivity contribution in [1.29, 1.82) is 0 Å². The highest BCUT2D eigenvalue weighted by Gasteiger charge is 2.46. The summed E-state index contributed by atoms with van der Waals surface area (Å²) in [5, 5.41) is 11.0. The number of fused-ring (bicyclic) bond motifs is 2. The molecule has 3 rings (SSSR count). The molecule has 0 aliphatic carbocycles. The van der Waals surface area contributed by atoms with Crippen LogP contribution < -0.4 is 0 Å². The molecule has 1 N–H and O–H groups in total. The zero-order valence-electron chi connectivity index (χ0n) is 23.9. The number of halogens is 1. The minimum Gasteiger partial charge on any atom is -0.386 e. The number of aliphatic hydroxyl groups excluding tert-OH is 1. The van der Waals surface area contributed by atoms with E-state index in [-0.39, 0.29) is 67.5 Å². The van der Waals surface area contributed by atoms with E-state index in [2.05, 4.69) is 54.7 Å². The topological polar surface area (TPSA) is 92.7 Å². The maximum absolute atomic E-state index is 11.0. The third kappa shape index (κ3) is 9.43. The fourth-order valence-corrected chi connectivity index (χ4v) is 6.09. The van der Waals surface area contributed by atoms with Gasteiger partial charge in [-0.25, -0.2) is 0 Å². The molecule has 0 saturated carbocycles. The quantitative estimate of drug-likeness (QED) is 0.0870. The smallest absolute Gasteiger partial charge is 0.146 e. The van der Waals surface area contributed by atoms with E-state index in [1.54, 1.807) is 13.2 Å². The Bertz CT molecular complexity index is 817. The number of ether oxygens (including phenoxy) is 6. The highest BCUT2D eigenvalue weighted by Crippen LogP contribution is 2.39. The van der Waals surface area contributed by atoms with Crippen molar-refractivity contribution in [3.8, 4) is 0 Å². The van der Waals surface area contributed by atoms with Crippen LogP contribution in [-0.2, 0) is 33.2 Å². The summed E-state index contributed by atoms with van der Waals surface area (Å²) < 4.78 is 38.7. The molecule has 0 aromatic carbocycles. The van der Waals surface area contributed by atoms with Crippen LogP contribution in [0.3, 0.4) is 0 Å². The Morgan fingerprint density at radius 3 is 2.46 bits per heavy atom. The first-order valence-corrected chi connectivity index (χ1v) is 15.5. The normalized spacial score (nSPS) is 36.9. The van der Waals surface area contributed by atoms with Crippen LogP contribution in [0.15, 0.2) is 34.5 Å². The number of carbonyl (C=O) groups excluding carboxylic acids is 1. The second-order valence-corrected chi connectivity index (χ2v) is 11.8. The summed E-state index contributed by atoms with van der Waals surface area (Å²) in [6, 6.07) is 0. The molecule has 3 fully saturated rings. The summed E-state index contributed by atoms with van der Waals surface area (Å²) >= 11 is 2.22. The summed E-state index contributed by atoms with van der Waals surface area (Å²) in [5.41, 5.74) is 0. The minimum atomic E-state index is -0.867. The van der Waals surface area contributed by atoms with Gasteiger partial charge in [-0.2, -0.15) is 0 Å². The van der Waals surface area contributed by atoms with Crippen molar-refractivity contribution in [1.82, 2.24) is 0 Å². The molecule has 222 valence electrons. The standard InChI is InChI=1S/C30H47IO8/c1-19(2)36-30(22(33)10-7-6-8-15-32)29-16-26(35-18-34-5)20(3)23(38-29)11-9-12-24-21(4)27-17-28(37-24)25(39-27)13-14-31/h7,9-10,12-15,19-30,33H,6,8,11,16-18H2,1-5H3/b10-7+,12-9+,14-13+/t20-,21?,22-,23+,24-,25?,26-,27?,28-,29+,30-/m0/s1. The van der Waals surface area contributed by atoms with Crippen LogP contribution >= 0.6 is 22.6 Å². The SMILES string of the molecule is COCO[C@H]1C[C@H]([C@@H](OC(C)C)[C@@H](O)/C=C/CCC=O)O[C@H](C/C=C/[C@@H]2O[C@H]3CC(OC3/C=C/I)C2C)[C@@H]1C. The third-order valence-electron chi connectivity index (χ3n) is 7.86. The molecule has 3 unspecified atom stereocenters. The maximum Gasteiger partial charge on any atom is 0.146 e. The fourth-order valence-electron chi connectivity index (χ4n) is 5.68. The molecule has 0 aromatic rings. The van der Waals surface area contributed by atoms with Crippen LogP contribution in [0.2, 0.25) is 0 Å². The van der Waals surface area contributed by atoms with Gasteiger partial charge in [0, 0.05) is 38.2 Å². The van der Waals surface area contributed by atoms with E-state index in [0.717, 1.165) is 12.7 Å². The van der Waals surface area contributed by atoms with Crippen molar-refractivity contribution in [2.24, 2.45) is 11.8 Å². The lowest BCUT2D eigenvalue weighted by Gasteiger charge is -2.43. The summed E-state index contributed by atoms with van der Waals surface area (Å²) in [5.74, 6) is 0.383. The number of allylic oxidation sites excluding steroid dienone is 1. The highest BCUT2D eigenvalue weighted by molar-refractivity contribution is 14.1. The second kappa shape index (κ2) is 16.7. The molecule has 3 aliphatic rings. The number of rotatable bonds is 15. The molecule has 0 radical (unpaired) electrons. The van der Waals surface area contributed by atoms with Gasteiger partial charge in [-0.15, -0.1) is 0 Å². The molecule has 11 atom stereocenters. The Morgan fingerprint density at radius 1 is 1.00 bits per heavy atom. The number of carbonyl (C=O) groups is 1. The molecule has 0 aromatic heterocycles. The van der Waals surface area contributed by atoms with Crippen molar-refractivity contribution in [3.05, 3.63) is 34.5 Å². The number of hydrogen-bond donors (Lipinski definition) is 1. The molecule has 0 amide bonds. The molecule has 39 heavy (non-hydrogen) atoms. The van der Waals surface area contributed by atoms with E-state index in [4.69, 9.17) is 28.4 Å². The molecular weight excluding hydrogens is 615 g/mol. The van der Waals surface area contributed by atoms with Gasteiger partial charge in [-0.05, 0) is 36.8 Å². The predicted molar refractivity (Wildman–Crippen MR) is 158 cm³/mol. The summed E-state index contributed by atoms with van der Waals surface area (Å²) in [6.07, 6.45) is 12.1. The van der Waals surface area contributed by atoms with Crippen LogP contribution in [0.1, 0.15) is 59.8 Å². The molecule has 2 bridgehead atoms. The number of methoxy groups -OCH3 is 1. The second-order valence-electron chi connectivity index (χ2n) is 11.1. The van der Waals surface area contributed by atoms with E-state index >= 15 is 0 Å². The van der Waals surface area contributed by atoms with E-state index in [1.165, 1.54) is 0 Å². The number of hydrogen-bond acceptors (Lipinski definition) is 8. The predicted octanol–water partition coefficient (Wildman–Crippen LogP) is 4.91. The van der Waals surface area contributed by atoms with Crippen LogP contribution in [0.25, 0.3) is 0 Å². The number of aldehydes is 1. The first kappa shape index (κ1) is 32.8. The summed E-state index contributed by atoms with van der Waals surface area (Å²) in [4.78, 5) is 10.7. The van der Waals surface area contributed by atoms with Crippen molar-refractivity contribution >= 4 is 28.9 Å². The molecule has 8 nitrogen and oxygen atoms in total. The van der Waals surface area contributed by atoms with E-state index in [0.29, 0.717) is 25.7 Å². The molecule has 3 saturated heterocycles. The van der Waals surface area contributed by atoms with E-state index < -0.39 is 12.2 Å². The van der Waals surface area contributed by atoms with Gasteiger partial charge in [0.2, 0.25) is 0 Å². The van der Waals surface area contributed by atoms with Crippen molar-refractivity contribution in [2.75, 3.05) is 13.9 Å². The fraction of sp³-hybridized carbons (Fsp3) is 0.767. The lowest BCUT2D eigenvalue weighted by atomic mass is 9.85. The molecule has 0 spiro atoms. The van der Waals surface area contributed by atoms with Gasteiger partial charge in [0.25, 0.3) is 0 Å². The largest absolute Gasteiger partial charge is 0.386 e. The van der Waals surface area contributed by atoms with Gasteiger partial charge in [0.15, 0.2) is 0 Å². The zero-order valence-corrected chi connectivity index (χ0v) is 26.1. The first-order valence-electron chi connectivity index (χ1n) is 14.2. The summed E-state index contributed by atoms with van der Waals surface area (Å²) in [6.45, 7) is 8.41.